The van der Waals surface area contributed by atoms with Crippen LogP contribution in [0.1, 0.15) is 5.56 Å². The predicted molar refractivity (Wildman–Crippen MR) is 120 cm³/mol. The zero-order chi connectivity index (χ0) is 23.0. The van der Waals surface area contributed by atoms with E-state index >= 15 is 0 Å². The van der Waals surface area contributed by atoms with Crippen LogP contribution in [0.5, 0.6) is 0 Å². The molecular formula is C19H17O9PS3. The summed E-state index contributed by atoms with van der Waals surface area (Å²) in [5.74, 6) is 0. The van der Waals surface area contributed by atoms with E-state index in [0.717, 1.165) is 40.3 Å². The quantitative estimate of drug-likeness (QED) is 0.110. The summed E-state index contributed by atoms with van der Waals surface area (Å²) in [6.07, 6.45) is 0.532. The van der Waals surface area contributed by atoms with Crippen LogP contribution in [0.15, 0.2) is 87.5 Å². The second-order valence-electron chi connectivity index (χ2n) is 6.16. The maximum Gasteiger partial charge on any atom is 0.294 e. The van der Waals surface area contributed by atoms with Gasteiger partial charge in [0, 0.05) is 16.0 Å². The monoisotopic (exact) mass is 516 g/mol. The lowest BCUT2D eigenvalue weighted by atomic mass is 10.2. The first-order chi connectivity index (χ1) is 15.4. The molecule has 0 heterocycles. The molecule has 3 N–H and O–H groups in total. The third-order valence-electron chi connectivity index (χ3n) is 4.12. The average Bonchev–Trinajstić information content (AvgIpc) is 2.80. The molecule has 0 aliphatic heterocycles. The van der Waals surface area contributed by atoms with E-state index in [4.69, 9.17) is 10.5 Å². The van der Waals surface area contributed by atoms with Crippen molar-refractivity contribution < 1.29 is 42.2 Å². The molecule has 3 rings (SSSR count). The van der Waals surface area contributed by atoms with Gasteiger partial charge in [0.05, 0.1) is 29.0 Å². The van der Waals surface area contributed by atoms with Crippen LogP contribution in [0.4, 0.5) is 0 Å². The maximum atomic E-state index is 11.7. The number of rotatable bonds is 11. The molecule has 0 saturated heterocycles. The molecule has 3 aromatic carbocycles. The standard InChI is InChI=1S/C19H17O9PS3/c20-25-27-30-17-7-1-4-14(10-17)13-29(15-5-2-8-18(11-15)31-28-26-21)16-6-3-9-19(12-16)32(22,23)24/h1-12,20-21H,13H2,(H,22,23,24). The Labute approximate surface area is 193 Å². The van der Waals surface area contributed by atoms with Gasteiger partial charge >= 0.3 is 0 Å². The Kier molecular flexibility index (Phi) is 9.46. The van der Waals surface area contributed by atoms with Gasteiger partial charge in [-0.15, -0.1) is 8.67 Å². The van der Waals surface area contributed by atoms with Crippen molar-refractivity contribution in [2.45, 2.75) is 20.8 Å². The summed E-state index contributed by atoms with van der Waals surface area (Å²) in [6, 6.07) is 20.8. The predicted octanol–water partition coefficient (Wildman–Crippen LogP) is 4.42. The van der Waals surface area contributed by atoms with E-state index < -0.39 is 18.0 Å². The lowest BCUT2D eigenvalue weighted by Gasteiger charge is -2.20. The SMILES string of the molecule is O=S(=O)(O)c1cccc(P(Cc2cccc(SOOO)c2)c2cccc(SOOO)c2)c1. The molecule has 0 bridgehead atoms. The average molecular weight is 517 g/mol. The van der Waals surface area contributed by atoms with E-state index in [1.54, 1.807) is 30.3 Å². The first kappa shape index (κ1) is 25.1. The zero-order valence-electron chi connectivity index (χ0n) is 16.1. The lowest BCUT2D eigenvalue weighted by Crippen LogP contribution is -2.15. The molecule has 1 unspecified atom stereocenters. The van der Waals surface area contributed by atoms with Crippen molar-refractivity contribution in [3.8, 4) is 0 Å². The van der Waals surface area contributed by atoms with E-state index in [1.165, 1.54) is 12.1 Å². The maximum absolute atomic E-state index is 11.7. The largest absolute Gasteiger partial charge is 0.294 e. The van der Waals surface area contributed by atoms with Gasteiger partial charge in [0.15, 0.2) is 0 Å². The highest BCUT2D eigenvalue weighted by Gasteiger charge is 2.19. The minimum atomic E-state index is -4.37. The van der Waals surface area contributed by atoms with Crippen LogP contribution in [0.3, 0.4) is 0 Å². The number of hydrogen-bond donors (Lipinski definition) is 3. The van der Waals surface area contributed by atoms with Crippen LogP contribution in [-0.2, 0) is 35.0 Å². The molecular weight excluding hydrogens is 499 g/mol. The molecule has 0 fully saturated rings. The van der Waals surface area contributed by atoms with Crippen molar-refractivity contribution in [3.63, 3.8) is 0 Å². The molecule has 170 valence electrons. The normalized spacial score (nSPS) is 12.6. The Morgan fingerprint density at radius 2 is 1.34 bits per heavy atom. The second-order valence-corrected chi connectivity index (χ2v) is 11.3. The van der Waals surface area contributed by atoms with Crippen molar-refractivity contribution in [2.75, 3.05) is 0 Å². The van der Waals surface area contributed by atoms with E-state index in [-0.39, 0.29) is 4.90 Å². The minimum absolute atomic E-state index is 0.192. The topological polar surface area (TPSA) is 132 Å². The van der Waals surface area contributed by atoms with Gasteiger partial charge in [-0.1, -0.05) is 46.5 Å². The first-order valence-corrected chi connectivity index (χ1v) is 13.2. The van der Waals surface area contributed by atoms with E-state index in [0.29, 0.717) is 16.0 Å². The highest BCUT2D eigenvalue weighted by atomic mass is 32.2. The van der Waals surface area contributed by atoms with Gasteiger partial charge < -0.3 is 0 Å². The van der Waals surface area contributed by atoms with Gasteiger partial charge in [-0.25, -0.2) is 10.5 Å². The van der Waals surface area contributed by atoms with Crippen LogP contribution in [0.2, 0.25) is 0 Å². The van der Waals surface area contributed by atoms with E-state index in [1.807, 2.05) is 30.3 Å². The van der Waals surface area contributed by atoms with Crippen LogP contribution < -0.4 is 10.6 Å². The van der Waals surface area contributed by atoms with Crippen LogP contribution in [0, 0.1) is 0 Å². The zero-order valence-corrected chi connectivity index (χ0v) is 19.4. The molecule has 1 atom stereocenters. The van der Waals surface area contributed by atoms with Gasteiger partial charge in [-0.3, -0.25) is 4.55 Å². The Morgan fingerprint density at radius 3 is 1.97 bits per heavy atom. The molecule has 0 spiro atoms. The lowest BCUT2D eigenvalue weighted by molar-refractivity contribution is -0.432. The third kappa shape index (κ3) is 7.24. The summed E-state index contributed by atoms with van der Waals surface area (Å²) in [5, 5.41) is 25.7. The molecule has 0 aliphatic carbocycles. The van der Waals surface area contributed by atoms with Crippen molar-refractivity contribution in [1.29, 1.82) is 0 Å². The molecule has 0 aliphatic rings. The van der Waals surface area contributed by atoms with Crippen LogP contribution in [-0.4, -0.2) is 23.5 Å². The Hall–Kier alpha value is -1.54. The van der Waals surface area contributed by atoms with Crippen LogP contribution in [0.25, 0.3) is 0 Å². The Bertz CT molecular complexity index is 1140. The van der Waals surface area contributed by atoms with Crippen LogP contribution >= 0.6 is 32.0 Å². The summed E-state index contributed by atoms with van der Waals surface area (Å²) >= 11 is 1.65. The molecule has 0 radical (unpaired) electrons. The van der Waals surface area contributed by atoms with E-state index in [2.05, 4.69) is 18.7 Å². The number of hydrogen-bond acceptors (Lipinski definition) is 10. The Morgan fingerprint density at radius 1 is 0.781 bits per heavy atom. The fraction of sp³-hybridized carbons (Fsp3) is 0.0526. The highest BCUT2D eigenvalue weighted by Crippen LogP contribution is 2.40. The molecule has 0 saturated carbocycles. The summed E-state index contributed by atoms with van der Waals surface area (Å²) in [4.78, 5) is 1.16. The van der Waals surface area contributed by atoms with Crippen molar-refractivity contribution >= 4 is 52.7 Å². The molecule has 0 aromatic heterocycles. The van der Waals surface area contributed by atoms with Gasteiger partial charge in [-0.2, -0.15) is 8.42 Å². The van der Waals surface area contributed by atoms with Crippen molar-refractivity contribution in [1.82, 2.24) is 0 Å². The second kappa shape index (κ2) is 12.1. The molecule has 13 heteroatoms. The summed E-state index contributed by atoms with van der Waals surface area (Å²) < 4.78 is 41.8. The highest BCUT2D eigenvalue weighted by molar-refractivity contribution is 7.94. The van der Waals surface area contributed by atoms with Gasteiger partial charge in [0.25, 0.3) is 10.1 Å². The summed E-state index contributed by atoms with van der Waals surface area (Å²) in [5.41, 5.74) is 0.924. The fourth-order valence-corrected chi connectivity index (χ4v) is 6.74. The molecule has 32 heavy (non-hydrogen) atoms. The van der Waals surface area contributed by atoms with Crippen molar-refractivity contribution in [2.24, 2.45) is 0 Å². The molecule has 3 aromatic rings. The summed E-state index contributed by atoms with van der Waals surface area (Å²) in [7, 11) is -5.49. The smallest absolute Gasteiger partial charge is 0.282 e. The minimum Gasteiger partial charge on any atom is -0.282 e. The molecule has 9 nitrogen and oxygen atoms in total. The van der Waals surface area contributed by atoms with E-state index in [9.17, 15) is 13.0 Å². The number of benzene rings is 3. The van der Waals surface area contributed by atoms with Gasteiger partial charge in [0.1, 0.15) is 0 Å². The fourth-order valence-electron chi connectivity index (χ4n) is 2.83. The Balaban J connectivity index is 2.01. The first-order valence-electron chi connectivity index (χ1n) is 8.74. The van der Waals surface area contributed by atoms with Crippen molar-refractivity contribution in [3.05, 3.63) is 78.4 Å². The third-order valence-corrected chi connectivity index (χ3v) is 8.60. The van der Waals surface area contributed by atoms with Gasteiger partial charge in [-0.05, 0) is 60.5 Å². The summed E-state index contributed by atoms with van der Waals surface area (Å²) in [6.45, 7) is 0. The molecule has 0 amide bonds. The van der Waals surface area contributed by atoms with Gasteiger partial charge in [0.2, 0.25) is 0 Å².